The fourth-order valence-electron chi connectivity index (χ4n) is 3.91. The Hall–Kier alpha value is -2.16. The average Bonchev–Trinajstić information content (AvgIpc) is 3.10. The molecule has 1 amide bonds. The first kappa shape index (κ1) is 21.5. The molecule has 0 bridgehead atoms. The van der Waals surface area contributed by atoms with Crippen molar-refractivity contribution in [3.8, 4) is 0 Å². The third-order valence-electron chi connectivity index (χ3n) is 5.95. The Morgan fingerprint density at radius 2 is 2.00 bits per heavy atom. The van der Waals surface area contributed by atoms with E-state index in [4.69, 9.17) is 4.74 Å². The van der Waals surface area contributed by atoms with Crippen molar-refractivity contribution in [2.24, 2.45) is 11.8 Å². The lowest BCUT2D eigenvalue weighted by Gasteiger charge is -2.34. The van der Waals surface area contributed by atoms with Crippen LogP contribution in [0.25, 0.3) is 5.78 Å². The Bertz CT molecular complexity index is 913. The van der Waals surface area contributed by atoms with Gasteiger partial charge in [-0.1, -0.05) is 38.5 Å². The molecule has 1 saturated carbocycles. The lowest BCUT2D eigenvalue weighted by molar-refractivity contribution is -0.148. The van der Waals surface area contributed by atoms with Crippen LogP contribution in [-0.2, 0) is 20.7 Å². The van der Waals surface area contributed by atoms with Crippen LogP contribution in [0.2, 0.25) is 0 Å². The number of aryl methyl sites for hydroxylation is 2. The van der Waals surface area contributed by atoms with Crippen molar-refractivity contribution in [2.45, 2.75) is 64.6 Å². The number of nitrogens with one attached hydrogen (secondary N) is 1. The third kappa shape index (κ3) is 4.88. The number of fused-ring (bicyclic) bond motifs is 1. The lowest BCUT2D eigenvalue weighted by Crippen LogP contribution is -2.45. The Kier molecular flexibility index (Phi) is 6.77. The number of aromatic nitrogens is 4. The van der Waals surface area contributed by atoms with Crippen molar-refractivity contribution < 1.29 is 14.3 Å². The van der Waals surface area contributed by atoms with Crippen molar-refractivity contribution in [1.29, 1.82) is 0 Å². The summed E-state index contributed by atoms with van der Waals surface area (Å²) in [4.78, 5) is 33.4. The van der Waals surface area contributed by atoms with Crippen molar-refractivity contribution >= 4 is 29.4 Å². The topological polar surface area (TPSA) is 98.5 Å². The van der Waals surface area contributed by atoms with Crippen LogP contribution < -0.4 is 5.32 Å². The number of carbonyl (C=O) groups is 2. The molecule has 1 aliphatic carbocycles. The van der Waals surface area contributed by atoms with Crippen LogP contribution in [0.4, 0.5) is 0 Å². The third-order valence-corrected chi connectivity index (χ3v) is 6.49. The average molecular weight is 420 g/mol. The summed E-state index contributed by atoms with van der Waals surface area (Å²) in [5.41, 5.74) is 2.25. The monoisotopic (exact) mass is 419 g/mol. The van der Waals surface area contributed by atoms with Crippen molar-refractivity contribution in [3.63, 3.8) is 0 Å². The Morgan fingerprint density at radius 3 is 2.72 bits per heavy atom. The van der Waals surface area contributed by atoms with E-state index in [1.54, 1.807) is 4.52 Å². The zero-order valence-electron chi connectivity index (χ0n) is 17.7. The molecule has 0 unspecified atom stereocenters. The highest BCUT2D eigenvalue weighted by molar-refractivity contribution is 7.98. The molecular weight excluding hydrogens is 390 g/mol. The maximum Gasteiger partial charge on any atom is 0.310 e. The summed E-state index contributed by atoms with van der Waals surface area (Å²) in [5.74, 6) is 0.834. The van der Waals surface area contributed by atoms with Crippen LogP contribution in [-0.4, -0.2) is 50.4 Å². The Balaban J connectivity index is 1.58. The van der Waals surface area contributed by atoms with Gasteiger partial charge in [0.05, 0.1) is 6.42 Å². The van der Waals surface area contributed by atoms with E-state index in [1.807, 2.05) is 20.1 Å². The fraction of sp³-hybridized carbons (Fsp3) is 0.650. The van der Waals surface area contributed by atoms with Gasteiger partial charge in [0.2, 0.25) is 5.16 Å². The van der Waals surface area contributed by atoms with Crippen LogP contribution in [0, 0.1) is 25.7 Å². The number of hydrogen-bond acceptors (Lipinski definition) is 7. The predicted molar refractivity (Wildman–Crippen MR) is 111 cm³/mol. The molecule has 0 saturated heterocycles. The van der Waals surface area contributed by atoms with E-state index in [0.717, 1.165) is 24.1 Å². The quantitative estimate of drug-likeness (QED) is 0.567. The van der Waals surface area contributed by atoms with Gasteiger partial charge in [-0.2, -0.15) is 4.98 Å². The lowest BCUT2D eigenvalue weighted by atomic mass is 9.78. The zero-order valence-corrected chi connectivity index (χ0v) is 18.5. The number of nitrogens with zero attached hydrogens (tertiary/aromatic N) is 4. The molecule has 158 valence electrons. The predicted octanol–water partition coefficient (Wildman–Crippen LogP) is 2.49. The molecule has 29 heavy (non-hydrogen) atoms. The number of carbonyl (C=O) groups excluding carboxylic acids is 2. The standard InChI is InChI=1S/C20H29N5O3S/c1-11-7-6-8-16(12(11)2)22-17(26)10-28-18(27)9-15-13(3)21-19-23-20(29-5)24-25(19)14(15)4/h11-12,16H,6-10H2,1-5H3,(H,22,26)/t11-,12+,16+/m1/s1. The molecule has 1 aliphatic rings. The molecule has 8 nitrogen and oxygen atoms in total. The fourth-order valence-corrected chi connectivity index (χ4v) is 4.24. The summed E-state index contributed by atoms with van der Waals surface area (Å²) in [7, 11) is 0. The van der Waals surface area contributed by atoms with E-state index in [1.165, 1.54) is 18.2 Å². The van der Waals surface area contributed by atoms with E-state index in [0.29, 0.717) is 28.5 Å². The van der Waals surface area contributed by atoms with E-state index >= 15 is 0 Å². The summed E-state index contributed by atoms with van der Waals surface area (Å²) in [6.45, 7) is 7.84. The summed E-state index contributed by atoms with van der Waals surface area (Å²) >= 11 is 1.44. The van der Waals surface area contributed by atoms with Crippen molar-refractivity contribution in [1.82, 2.24) is 24.9 Å². The highest BCUT2D eigenvalue weighted by Gasteiger charge is 2.28. The van der Waals surface area contributed by atoms with E-state index < -0.39 is 5.97 Å². The highest BCUT2D eigenvalue weighted by Crippen LogP contribution is 2.29. The van der Waals surface area contributed by atoms with Crippen LogP contribution in [0.1, 0.15) is 50.1 Å². The van der Waals surface area contributed by atoms with Crippen molar-refractivity contribution in [2.75, 3.05) is 12.9 Å². The molecule has 0 aliphatic heterocycles. The van der Waals surface area contributed by atoms with Gasteiger partial charge in [-0.25, -0.2) is 9.50 Å². The Morgan fingerprint density at radius 1 is 1.24 bits per heavy atom. The summed E-state index contributed by atoms with van der Waals surface area (Å²) in [6.07, 6.45) is 5.23. The van der Waals surface area contributed by atoms with Gasteiger partial charge < -0.3 is 10.1 Å². The molecule has 3 atom stereocenters. The zero-order chi connectivity index (χ0) is 21.1. The first-order valence-corrected chi connectivity index (χ1v) is 11.2. The molecule has 2 heterocycles. The number of ether oxygens (including phenoxy) is 1. The molecule has 0 spiro atoms. The number of hydrogen-bond donors (Lipinski definition) is 1. The van der Waals surface area contributed by atoms with Crippen molar-refractivity contribution in [3.05, 3.63) is 17.0 Å². The minimum absolute atomic E-state index is 0.0409. The molecule has 3 rings (SSSR count). The second kappa shape index (κ2) is 9.11. The maximum atomic E-state index is 12.3. The minimum atomic E-state index is -0.456. The number of thioether (sulfide) groups is 1. The largest absolute Gasteiger partial charge is 0.455 e. The maximum absolute atomic E-state index is 12.3. The van der Waals surface area contributed by atoms with Gasteiger partial charge in [-0.05, 0) is 38.4 Å². The van der Waals surface area contributed by atoms with Gasteiger partial charge in [0.1, 0.15) is 0 Å². The van der Waals surface area contributed by atoms with Gasteiger partial charge in [0, 0.05) is 23.0 Å². The second-order valence-corrected chi connectivity index (χ2v) is 8.62. The molecular formula is C20H29N5O3S. The van der Waals surface area contributed by atoms with E-state index in [2.05, 4.69) is 34.2 Å². The molecule has 2 aromatic rings. The van der Waals surface area contributed by atoms with Crippen LogP contribution in [0.5, 0.6) is 0 Å². The smallest absolute Gasteiger partial charge is 0.310 e. The minimum Gasteiger partial charge on any atom is -0.455 e. The van der Waals surface area contributed by atoms with Crippen LogP contribution >= 0.6 is 11.8 Å². The molecule has 1 N–H and O–H groups in total. The number of amides is 1. The summed E-state index contributed by atoms with van der Waals surface area (Å²) in [6, 6.07) is 0.152. The molecule has 0 radical (unpaired) electrons. The van der Waals surface area contributed by atoms with Crippen LogP contribution in [0.3, 0.4) is 0 Å². The SMILES string of the molecule is CSc1nc2nc(C)c(CC(=O)OCC(=O)N[C@H]3CCC[C@@H](C)[C@@H]3C)c(C)n2n1. The number of rotatable bonds is 6. The first-order valence-electron chi connectivity index (χ1n) is 10.0. The van der Waals surface area contributed by atoms with E-state index in [9.17, 15) is 9.59 Å². The normalized spacial score (nSPS) is 21.9. The molecule has 1 fully saturated rings. The van der Waals surface area contributed by atoms with E-state index in [-0.39, 0.29) is 25.0 Å². The molecule has 2 aromatic heterocycles. The summed E-state index contributed by atoms with van der Waals surface area (Å²) in [5, 5.41) is 8.03. The molecule has 0 aromatic carbocycles. The van der Waals surface area contributed by atoms with Gasteiger partial charge in [-0.3, -0.25) is 9.59 Å². The first-order chi connectivity index (χ1) is 13.8. The number of esters is 1. The highest BCUT2D eigenvalue weighted by atomic mass is 32.2. The van der Waals surface area contributed by atoms with Gasteiger partial charge in [-0.15, -0.1) is 5.10 Å². The van der Waals surface area contributed by atoms with Gasteiger partial charge in [0.25, 0.3) is 11.7 Å². The van der Waals surface area contributed by atoms with Gasteiger partial charge in [0.15, 0.2) is 6.61 Å². The molecule has 9 heteroatoms. The second-order valence-electron chi connectivity index (χ2n) is 7.85. The van der Waals surface area contributed by atoms with Crippen LogP contribution in [0.15, 0.2) is 5.16 Å². The Labute approximate surface area is 175 Å². The van der Waals surface area contributed by atoms with Gasteiger partial charge >= 0.3 is 5.97 Å². The summed E-state index contributed by atoms with van der Waals surface area (Å²) < 4.78 is 6.87.